The van der Waals surface area contributed by atoms with E-state index >= 15 is 0 Å². The first-order valence-corrected chi connectivity index (χ1v) is 9.15. The highest BCUT2D eigenvalue weighted by Gasteiger charge is 2.10. The first-order chi connectivity index (χ1) is 12.7. The Bertz CT molecular complexity index is 848. The summed E-state index contributed by atoms with van der Waals surface area (Å²) in [6.45, 7) is 0.793. The van der Waals surface area contributed by atoms with E-state index in [2.05, 4.69) is 15.9 Å². The predicted molar refractivity (Wildman–Crippen MR) is 105 cm³/mol. The van der Waals surface area contributed by atoms with Gasteiger partial charge in [-0.2, -0.15) is 0 Å². The van der Waals surface area contributed by atoms with E-state index in [0.29, 0.717) is 6.61 Å². The lowest BCUT2D eigenvalue weighted by Gasteiger charge is -2.10. The Morgan fingerprint density at radius 2 is 1.42 bits per heavy atom. The third kappa shape index (κ3) is 5.46. The number of hydrogen-bond acceptors (Lipinski definition) is 3. The summed E-state index contributed by atoms with van der Waals surface area (Å²) >= 11 is 3.51. The smallest absolute Gasteiger partial charge is 0.310 e. The van der Waals surface area contributed by atoms with E-state index in [-0.39, 0.29) is 19.0 Å². The molecule has 0 saturated heterocycles. The highest BCUT2D eigenvalue weighted by Crippen LogP contribution is 2.24. The molecule has 0 amide bonds. The Morgan fingerprint density at radius 3 is 2.04 bits per heavy atom. The van der Waals surface area contributed by atoms with Gasteiger partial charge in [-0.25, -0.2) is 0 Å². The zero-order valence-electron chi connectivity index (χ0n) is 14.2. The van der Waals surface area contributed by atoms with Gasteiger partial charge in [0, 0.05) is 4.47 Å². The molecule has 0 N–H and O–H groups in total. The summed E-state index contributed by atoms with van der Waals surface area (Å²) in [4.78, 5) is 12.1. The van der Waals surface area contributed by atoms with Crippen molar-refractivity contribution in [1.82, 2.24) is 0 Å². The average Bonchev–Trinajstić information content (AvgIpc) is 2.68. The summed E-state index contributed by atoms with van der Waals surface area (Å²) in [7, 11) is 0. The lowest BCUT2D eigenvalue weighted by atomic mass is 10.1. The van der Waals surface area contributed by atoms with E-state index in [4.69, 9.17) is 9.47 Å². The van der Waals surface area contributed by atoms with Gasteiger partial charge in [0.15, 0.2) is 0 Å². The lowest BCUT2D eigenvalue weighted by Crippen LogP contribution is -2.08. The predicted octanol–water partition coefficient (Wildman–Crippen LogP) is 5.31. The van der Waals surface area contributed by atoms with Crippen molar-refractivity contribution in [3.8, 4) is 5.75 Å². The van der Waals surface area contributed by atoms with Crippen molar-refractivity contribution in [3.63, 3.8) is 0 Å². The van der Waals surface area contributed by atoms with Crippen LogP contribution in [0.5, 0.6) is 5.75 Å². The molecule has 132 valence electrons. The minimum absolute atomic E-state index is 0.215. The molecule has 0 saturated carbocycles. The van der Waals surface area contributed by atoms with Crippen LogP contribution in [-0.4, -0.2) is 5.97 Å². The lowest BCUT2D eigenvalue weighted by molar-refractivity contribution is -0.144. The molecule has 3 aromatic carbocycles. The monoisotopic (exact) mass is 410 g/mol. The number of rotatable bonds is 7. The molecule has 0 aliphatic heterocycles. The second-order valence-electron chi connectivity index (χ2n) is 5.85. The summed E-state index contributed by atoms with van der Waals surface area (Å²) in [5, 5.41) is 0. The molecule has 3 rings (SSSR count). The van der Waals surface area contributed by atoms with Crippen LogP contribution in [0.2, 0.25) is 0 Å². The normalized spacial score (nSPS) is 10.3. The first-order valence-electron chi connectivity index (χ1n) is 8.35. The molecule has 0 bridgehead atoms. The van der Waals surface area contributed by atoms with Gasteiger partial charge in [0.2, 0.25) is 0 Å². The number of hydrogen-bond donors (Lipinski definition) is 0. The van der Waals surface area contributed by atoms with Crippen molar-refractivity contribution >= 4 is 21.9 Å². The molecule has 4 heteroatoms. The Hall–Kier alpha value is -2.59. The largest absolute Gasteiger partial charge is 0.489 e. The van der Waals surface area contributed by atoms with Gasteiger partial charge in [-0.05, 0) is 28.8 Å². The Kier molecular flexibility index (Phi) is 6.45. The molecule has 0 aliphatic rings. The number of halogens is 1. The fraction of sp³-hybridized carbons (Fsp3) is 0.136. The van der Waals surface area contributed by atoms with Gasteiger partial charge in [0.05, 0.1) is 6.42 Å². The van der Waals surface area contributed by atoms with Gasteiger partial charge in [-0.1, -0.05) is 82.7 Å². The third-order valence-electron chi connectivity index (χ3n) is 3.85. The number of benzene rings is 3. The third-order valence-corrected chi connectivity index (χ3v) is 4.59. The molecule has 0 radical (unpaired) electrons. The topological polar surface area (TPSA) is 35.5 Å². The maximum atomic E-state index is 12.1. The average molecular weight is 411 g/mol. The zero-order valence-corrected chi connectivity index (χ0v) is 15.8. The summed E-state index contributed by atoms with van der Waals surface area (Å²) in [5.74, 6) is 0.495. The molecule has 0 aliphatic carbocycles. The first kappa shape index (κ1) is 18.2. The molecule has 0 unspecified atom stereocenters. The zero-order chi connectivity index (χ0) is 18.2. The summed E-state index contributed by atoms with van der Waals surface area (Å²) < 4.78 is 12.0. The summed E-state index contributed by atoms with van der Waals surface area (Å²) in [5.41, 5.74) is 2.96. The van der Waals surface area contributed by atoms with E-state index in [1.807, 2.05) is 78.9 Å². The highest BCUT2D eigenvalue weighted by atomic mass is 79.9. The maximum absolute atomic E-state index is 12.1. The number of ether oxygens (including phenoxy) is 2. The van der Waals surface area contributed by atoms with Crippen molar-refractivity contribution < 1.29 is 14.3 Å². The fourth-order valence-corrected chi connectivity index (χ4v) is 2.94. The van der Waals surface area contributed by atoms with Crippen molar-refractivity contribution in [3.05, 3.63) is 100 Å². The van der Waals surface area contributed by atoms with E-state index in [1.54, 1.807) is 0 Å². The van der Waals surface area contributed by atoms with Crippen LogP contribution in [0.1, 0.15) is 16.7 Å². The standard InChI is InChI=1S/C22H19BrO3/c23-21-14-20(25-15-17-7-3-1-4-8-17)12-11-19(21)13-22(24)26-16-18-9-5-2-6-10-18/h1-12,14H,13,15-16H2. The molecule has 0 heterocycles. The number of esters is 1. The maximum Gasteiger partial charge on any atom is 0.310 e. The molecular weight excluding hydrogens is 392 g/mol. The van der Waals surface area contributed by atoms with E-state index in [1.165, 1.54) is 0 Å². The van der Waals surface area contributed by atoms with Gasteiger partial charge >= 0.3 is 5.97 Å². The van der Waals surface area contributed by atoms with Gasteiger partial charge in [0.25, 0.3) is 0 Å². The number of carbonyl (C=O) groups excluding carboxylic acids is 1. The minimum atomic E-state index is -0.257. The fourth-order valence-electron chi connectivity index (χ4n) is 2.45. The molecule has 0 spiro atoms. The second kappa shape index (κ2) is 9.20. The Labute approximate surface area is 161 Å². The Balaban J connectivity index is 1.53. The van der Waals surface area contributed by atoms with Crippen molar-refractivity contribution in [1.29, 1.82) is 0 Å². The van der Waals surface area contributed by atoms with Crippen molar-refractivity contribution in [2.45, 2.75) is 19.6 Å². The molecule has 3 aromatic rings. The summed E-state index contributed by atoms with van der Waals surface area (Å²) in [6, 6.07) is 25.3. The molecule has 0 aromatic heterocycles. The van der Waals surface area contributed by atoms with Crippen LogP contribution in [0, 0.1) is 0 Å². The van der Waals surface area contributed by atoms with Crippen LogP contribution in [0.15, 0.2) is 83.3 Å². The van der Waals surface area contributed by atoms with E-state index < -0.39 is 0 Å². The Morgan fingerprint density at radius 1 is 0.808 bits per heavy atom. The number of carbonyl (C=O) groups is 1. The highest BCUT2D eigenvalue weighted by molar-refractivity contribution is 9.10. The van der Waals surface area contributed by atoms with Gasteiger partial charge < -0.3 is 9.47 Å². The van der Waals surface area contributed by atoms with Gasteiger partial charge in [-0.15, -0.1) is 0 Å². The van der Waals surface area contributed by atoms with Gasteiger partial charge in [-0.3, -0.25) is 4.79 Å². The SMILES string of the molecule is O=C(Cc1ccc(OCc2ccccc2)cc1Br)OCc1ccccc1. The van der Waals surface area contributed by atoms with Crippen LogP contribution in [0.4, 0.5) is 0 Å². The van der Waals surface area contributed by atoms with Crippen molar-refractivity contribution in [2.24, 2.45) is 0 Å². The van der Waals surface area contributed by atoms with E-state index in [9.17, 15) is 4.79 Å². The van der Waals surface area contributed by atoms with Gasteiger partial charge in [0.1, 0.15) is 19.0 Å². The van der Waals surface area contributed by atoms with Crippen LogP contribution >= 0.6 is 15.9 Å². The quantitative estimate of drug-likeness (QED) is 0.494. The van der Waals surface area contributed by atoms with Crippen LogP contribution in [0.25, 0.3) is 0 Å². The van der Waals surface area contributed by atoms with Crippen LogP contribution in [0.3, 0.4) is 0 Å². The molecule has 0 atom stereocenters. The van der Waals surface area contributed by atoms with Crippen molar-refractivity contribution in [2.75, 3.05) is 0 Å². The van der Waals surface area contributed by atoms with Crippen LogP contribution < -0.4 is 4.74 Å². The molecular formula is C22H19BrO3. The molecule has 3 nitrogen and oxygen atoms in total. The minimum Gasteiger partial charge on any atom is -0.489 e. The van der Waals surface area contributed by atoms with E-state index in [0.717, 1.165) is 26.9 Å². The second-order valence-corrected chi connectivity index (χ2v) is 6.70. The summed E-state index contributed by atoms with van der Waals surface area (Å²) in [6.07, 6.45) is 0.215. The molecule has 0 fully saturated rings. The molecule has 26 heavy (non-hydrogen) atoms. The van der Waals surface area contributed by atoms with Crippen LogP contribution in [-0.2, 0) is 29.2 Å².